The van der Waals surface area contributed by atoms with Gasteiger partial charge in [0.1, 0.15) is 24.2 Å². The van der Waals surface area contributed by atoms with Gasteiger partial charge >= 0.3 is 7.12 Å². The van der Waals surface area contributed by atoms with Crippen molar-refractivity contribution in [1.82, 2.24) is 31.9 Å². The summed E-state index contributed by atoms with van der Waals surface area (Å²) in [5.41, 5.74) is 22.4. The van der Waals surface area contributed by atoms with Crippen molar-refractivity contribution in [1.29, 1.82) is 0 Å². The van der Waals surface area contributed by atoms with Crippen LogP contribution in [0.3, 0.4) is 0 Å². The molecule has 10 atom stereocenters. The monoisotopic (exact) mass is 890 g/mol. The van der Waals surface area contributed by atoms with E-state index in [1.54, 1.807) is 0 Å². The maximum atomic E-state index is 13.6. The lowest BCUT2D eigenvalue weighted by Gasteiger charge is -2.64. The van der Waals surface area contributed by atoms with Gasteiger partial charge in [-0.05, 0) is 118 Å². The van der Waals surface area contributed by atoms with Gasteiger partial charge in [-0.15, -0.1) is 0 Å². The van der Waals surface area contributed by atoms with Crippen LogP contribution >= 0.6 is 0 Å². The molecule has 18 heteroatoms. The molecule has 1 unspecified atom stereocenters. The van der Waals surface area contributed by atoms with Crippen molar-refractivity contribution in [2.75, 3.05) is 13.1 Å². The third-order valence-electron chi connectivity index (χ3n) is 13.5. The molecule has 0 spiro atoms. The molecule has 2 aromatic rings. The fourth-order valence-electron chi connectivity index (χ4n) is 9.43. The molecule has 3 aliphatic carbocycles. The number of unbranched alkanes of at least 4 members (excludes halogenated alkanes) is 2. The Labute approximate surface area is 378 Å². The molecule has 1 saturated heterocycles. The largest absolute Gasteiger partial charge is 0.497 e. The van der Waals surface area contributed by atoms with Gasteiger partial charge in [-0.3, -0.25) is 24.0 Å². The molecule has 4 aliphatic rings. The second-order valence-electron chi connectivity index (χ2n) is 18.6. The summed E-state index contributed by atoms with van der Waals surface area (Å²) in [6.07, 6.45) is 3.48. The number of carbonyl (C=O) groups is 5. The Hall–Kier alpha value is -4.43. The van der Waals surface area contributed by atoms with Gasteiger partial charge in [0.15, 0.2) is 6.17 Å². The molecule has 17 nitrogen and oxygen atoms in total. The van der Waals surface area contributed by atoms with Crippen molar-refractivity contribution >= 4 is 36.7 Å². The van der Waals surface area contributed by atoms with Crippen LogP contribution in [0.4, 0.5) is 0 Å². The minimum atomic E-state index is -1.68. The molecule has 5 amide bonds. The zero-order valence-corrected chi connectivity index (χ0v) is 38.4. The summed E-state index contributed by atoms with van der Waals surface area (Å²) in [6.45, 7) is 12.5. The molecule has 13 N–H and O–H groups in total. The van der Waals surface area contributed by atoms with Crippen molar-refractivity contribution in [3.05, 3.63) is 59.7 Å². The minimum Gasteiger partial charge on any atom is -0.403 e. The van der Waals surface area contributed by atoms with Gasteiger partial charge in [0.05, 0.1) is 17.8 Å². The third kappa shape index (κ3) is 12.7. The Morgan fingerprint density at radius 1 is 0.797 bits per heavy atom. The van der Waals surface area contributed by atoms with Crippen molar-refractivity contribution in [3.8, 4) is 11.1 Å². The minimum absolute atomic E-state index is 0.119. The van der Waals surface area contributed by atoms with Gasteiger partial charge in [-0.2, -0.15) is 0 Å². The highest BCUT2D eigenvalue weighted by Crippen LogP contribution is 2.65. The van der Waals surface area contributed by atoms with Crippen molar-refractivity contribution < 1.29 is 38.4 Å². The smallest absolute Gasteiger partial charge is 0.403 e. The van der Waals surface area contributed by atoms with E-state index in [-0.39, 0.29) is 24.4 Å². The van der Waals surface area contributed by atoms with Crippen molar-refractivity contribution in [3.63, 3.8) is 0 Å². The SMILES string of the molecule is CCCCc1ccc(-c2ccc(CNCC[C@H](NC(C)=O)C(=O)N[C@H](C(=O)N[C@@H](N)C(=O)N[C@@H](CCCCN)C(=O)N[C@@H](N)B3OC4C[C@@H]5C[C@@H](C5(C)C)[C@]4(C)O3)[C@@H](C)O)cc2)cc1. The Bertz CT molecular complexity index is 1900. The fraction of sp³-hybridized carbons (Fsp3) is 0.630. The Morgan fingerprint density at radius 3 is 2.02 bits per heavy atom. The van der Waals surface area contributed by atoms with Gasteiger partial charge < -0.3 is 63.5 Å². The normalized spacial score (nSPS) is 23.5. The maximum absolute atomic E-state index is 13.6. The number of hydrogen-bond acceptors (Lipinski definition) is 12. The number of aliphatic hydroxyl groups excluding tert-OH is 1. The predicted molar refractivity (Wildman–Crippen MR) is 245 cm³/mol. The van der Waals surface area contributed by atoms with Crippen LogP contribution in [0.1, 0.15) is 104 Å². The standard InChI is InChI=1S/C46H72BN9O8/c1-7-8-11-29-13-17-31(18-14-29)32-19-15-30(16-20-32)26-51-23-21-35(52-28(3)58)40(59)54-38(27(2)57)42(61)55-39(49)43(62)53-34(12-9-10-22-48)41(60)56-44(50)47-63-37-25-33-24-36(45(33,4)5)46(37,6)64-47/h13-20,27,33-39,44,51,57H,7-12,21-26,48-50H2,1-6H3,(H,52,58)(H,53,62)(H,54,59)(H,55,61)(H,56,60)/t27-,33+,34+,35+,36+,37?,38+,39-,44-,46+/m1/s1. The summed E-state index contributed by atoms with van der Waals surface area (Å²) < 4.78 is 12.6. The van der Waals surface area contributed by atoms with Gasteiger partial charge in [-0.25, -0.2) is 0 Å². The van der Waals surface area contributed by atoms with E-state index >= 15 is 0 Å². The first-order valence-corrected chi connectivity index (χ1v) is 23.0. The molecule has 2 aromatic carbocycles. The molecule has 64 heavy (non-hydrogen) atoms. The summed E-state index contributed by atoms with van der Waals surface area (Å²) in [4.78, 5) is 65.9. The van der Waals surface area contributed by atoms with E-state index < -0.39 is 78.7 Å². The average Bonchev–Trinajstić information content (AvgIpc) is 3.63. The lowest BCUT2D eigenvalue weighted by Crippen LogP contribution is -2.65. The molecule has 2 bridgehead atoms. The number of carbonyl (C=O) groups excluding carboxylic acids is 5. The summed E-state index contributed by atoms with van der Waals surface area (Å²) >= 11 is 0. The zero-order valence-electron chi connectivity index (χ0n) is 38.4. The van der Waals surface area contributed by atoms with Crippen LogP contribution in [0.15, 0.2) is 48.5 Å². The van der Waals surface area contributed by atoms with E-state index in [2.05, 4.69) is 89.1 Å². The molecule has 6 rings (SSSR count). The summed E-state index contributed by atoms with van der Waals surface area (Å²) in [5.74, 6) is -2.82. The summed E-state index contributed by atoms with van der Waals surface area (Å²) in [7, 11) is -0.891. The quantitative estimate of drug-likeness (QED) is 0.0405. The molecule has 0 aromatic heterocycles. The van der Waals surface area contributed by atoms with Gasteiger partial charge in [0.25, 0.3) is 5.91 Å². The van der Waals surface area contributed by atoms with E-state index in [0.29, 0.717) is 44.3 Å². The average molecular weight is 890 g/mol. The number of nitrogens with two attached hydrogens (primary N) is 3. The molecule has 3 saturated carbocycles. The number of rotatable bonds is 24. The second-order valence-corrected chi connectivity index (χ2v) is 18.6. The van der Waals surface area contributed by atoms with Gasteiger partial charge in [-0.1, -0.05) is 75.7 Å². The number of amides is 5. The fourth-order valence-corrected chi connectivity index (χ4v) is 9.43. The predicted octanol–water partition coefficient (Wildman–Crippen LogP) is 1.23. The van der Waals surface area contributed by atoms with Crippen LogP contribution in [0.25, 0.3) is 11.1 Å². The van der Waals surface area contributed by atoms with Gasteiger partial charge in [0.2, 0.25) is 23.6 Å². The maximum Gasteiger partial charge on any atom is 0.497 e. The number of aryl methyl sites for hydroxylation is 1. The van der Waals surface area contributed by atoms with E-state index in [1.165, 1.54) is 25.8 Å². The molecular formula is C46H72BN9O8. The van der Waals surface area contributed by atoms with Crippen LogP contribution in [0.2, 0.25) is 0 Å². The van der Waals surface area contributed by atoms with Crippen LogP contribution in [0.5, 0.6) is 0 Å². The molecular weight excluding hydrogens is 817 g/mol. The van der Waals surface area contributed by atoms with Crippen molar-refractivity contribution in [2.24, 2.45) is 34.5 Å². The van der Waals surface area contributed by atoms with E-state index in [0.717, 1.165) is 42.4 Å². The number of hydrogen-bond donors (Lipinski definition) is 10. The highest BCUT2D eigenvalue weighted by Gasteiger charge is 2.68. The first-order valence-electron chi connectivity index (χ1n) is 23.0. The van der Waals surface area contributed by atoms with Crippen molar-refractivity contribution in [2.45, 2.75) is 154 Å². The topological polar surface area (TPSA) is 274 Å². The summed E-state index contributed by atoms with van der Waals surface area (Å²) in [5, 5.41) is 26.6. The number of benzene rings is 2. The summed E-state index contributed by atoms with van der Waals surface area (Å²) in [6, 6.07) is 12.1. The van der Waals surface area contributed by atoms with E-state index in [4.69, 9.17) is 26.5 Å². The first-order chi connectivity index (χ1) is 30.4. The molecule has 0 radical (unpaired) electrons. The van der Waals surface area contributed by atoms with Crippen LogP contribution in [-0.4, -0.2) is 103 Å². The third-order valence-corrected chi connectivity index (χ3v) is 13.5. The Balaban J connectivity index is 1.10. The molecule has 4 fully saturated rings. The van der Waals surface area contributed by atoms with Gasteiger partial charge in [0, 0.05) is 13.5 Å². The van der Waals surface area contributed by atoms with E-state index in [9.17, 15) is 29.1 Å². The first kappa shape index (κ1) is 50.6. The lowest BCUT2D eigenvalue weighted by atomic mass is 9.43. The lowest BCUT2D eigenvalue weighted by molar-refractivity contribution is -0.199. The second kappa shape index (κ2) is 22.7. The van der Waals surface area contributed by atoms with E-state index in [1.807, 2.05) is 19.1 Å². The number of nitrogens with one attached hydrogen (secondary N) is 6. The van der Waals surface area contributed by atoms with Crippen LogP contribution in [0, 0.1) is 17.3 Å². The zero-order chi connectivity index (χ0) is 46.8. The molecule has 1 heterocycles. The number of aliphatic hydroxyl groups is 1. The highest BCUT2D eigenvalue weighted by atomic mass is 16.7. The Morgan fingerprint density at radius 2 is 1.42 bits per heavy atom. The highest BCUT2D eigenvalue weighted by molar-refractivity contribution is 6.47. The Kier molecular flexibility index (Phi) is 17.9. The molecule has 1 aliphatic heterocycles. The molecule has 352 valence electrons. The van der Waals surface area contributed by atoms with Crippen LogP contribution in [-0.2, 0) is 46.2 Å². The van der Waals surface area contributed by atoms with Crippen LogP contribution < -0.4 is 49.1 Å².